The molecule has 0 aliphatic heterocycles. The van der Waals surface area contributed by atoms with Crippen molar-refractivity contribution >= 4 is 45.4 Å². The zero-order valence-corrected chi connectivity index (χ0v) is 12.5. The molecule has 3 rings (SSSR count). The van der Waals surface area contributed by atoms with Crippen molar-refractivity contribution in [2.24, 2.45) is 0 Å². The zero-order valence-electron chi connectivity index (χ0n) is 11.7. The second-order valence-corrected chi connectivity index (χ2v) is 5.75. The third-order valence-electron chi connectivity index (χ3n) is 3.20. The van der Waals surface area contributed by atoms with Gasteiger partial charge in [0, 0.05) is 12.1 Å². The van der Waals surface area contributed by atoms with Crippen LogP contribution in [0, 0.1) is 10.1 Å². The van der Waals surface area contributed by atoms with Crippen LogP contribution >= 0.6 is 11.3 Å². The number of aromatic nitrogens is 1. The second kappa shape index (κ2) is 5.98. The van der Waals surface area contributed by atoms with Crippen LogP contribution in [0.15, 0.2) is 42.5 Å². The van der Waals surface area contributed by atoms with Crippen LogP contribution in [0.5, 0.6) is 0 Å². The molecule has 0 aliphatic carbocycles. The largest absolute Gasteiger partial charge is 0.478 e. The number of nitro groups is 1. The Morgan fingerprint density at radius 3 is 2.74 bits per heavy atom. The Hall–Kier alpha value is -3.06. The van der Waals surface area contributed by atoms with Crippen LogP contribution in [-0.4, -0.2) is 21.0 Å². The van der Waals surface area contributed by atoms with E-state index in [4.69, 9.17) is 5.11 Å². The maximum Gasteiger partial charge on any atom is 0.336 e. The van der Waals surface area contributed by atoms with Crippen LogP contribution in [0.2, 0.25) is 0 Å². The predicted molar refractivity (Wildman–Crippen MR) is 88.6 cm³/mol. The highest BCUT2D eigenvalue weighted by molar-refractivity contribution is 7.19. The summed E-state index contributed by atoms with van der Waals surface area (Å²) in [6.45, 7) is 0. The van der Waals surface area contributed by atoms with Crippen molar-refractivity contribution < 1.29 is 14.8 Å². The van der Waals surface area contributed by atoms with Gasteiger partial charge in [-0.1, -0.05) is 24.3 Å². The summed E-state index contributed by atoms with van der Waals surface area (Å²) in [5, 5.41) is 20.6. The molecule has 114 valence electrons. The zero-order chi connectivity index (χ0) is 16.4. The summed E-state index contributed by atoms with van der Waals surface area (Å²) >= 11 is 1.31. The van der Waals surface area contributed by atoms with E-state index >= 15 is 0 Å². The Morgan fingerprint density at radius 2 is 2.00 bits per heavy atom. The van der Waals surface area contributed by atoms with Crippen LogP contribution in [0.1, 0.15) is 20.9 Å². The fourth-order valence-electron chi connectivity index (χ4n) is 2.11. The average molecular weight is 326 g/mol. The molecule has 1 aromatic heterocycles. The molecule has 3 aromatic rings. The minimum Gasteiger partial charge on any atom is -0.478 e. The lowest BCUT2D eigenvalue weighted by molar-refractivity contribution is -0.384. The van der Waals surface area contributed by atoms with E-state index in [9.17, 15) is 14.9 Å². The number of hydrogen-bond donors (Lipinski definition) is 1. The van der Waals surface area contributed by atoms with Gasteiger partial charge in [0.1, 0.15) is 5.01 Å². The average Bonchev–Trinajstić information content (AvgIpc) is 2.94. The normalized spacial score (nSPS) is 11.1. The highest BCUT2D eigenvalue weighted by Gasteiger charge is 2.10. The standard InChI is InChI=1S/C16H10N2O4S/c19-16(20)12-4-2-1-3-10(12)5-8-15-17-13-7-6-11(18(21)22)9-14(13)23-15/h1-9H,(H,19,20)/b8-5+. The number of thiazole rings is 1. The van der Waals surface area contributed by atoms with E-state index in [-0.39, 0.29) is 11.3 Å². The van der Waals surface area contributed by atoms with Gasteiger partial charge in [-0.15, -0.1) is 11.3 Å². The van der Waals surface area contributed by atoms with Gasteiger partial charge in [-0.05, 0) is 23.8 Å². The van der Waals surface area contributed by atoms with Crippen LogP contribution in [0.3, 0.4) is 0 Å². The minimum atomic E-state index is -0.995. The number of fused-ring (bicyclic) bond motifs is 1. The first-order valence-corrected chi connectivity index (χ1v) is 7.41. The van der Waals surface area contributed by atoms with E-state index in [1.807, 2.05) is 0 Å². The lowest BCUT2D eigenvalue weighted by Gasteiger charge is -1.98. The summed E-state index contributed by atoms with van der Waals surface area (Å²) in [5.41, 5.74) is 1.48. The molecule has 7 heteroatoms. The summed E-state index contributed by atoms with van der Waals surface area (Å²) in [5.74, 6) is -0.995. The van der Waals surface area contributed by atoms with Crippen molar-refractivity contribution in [2.75, 3.05) is 0 Å². The lowest BCUT2D eigenvalue weighted by atomic mass is 10.1. The van der Waals surface area contributed by atoms with E-state index in [2.05, 4.69) is 4.98 Å². The maximum atomic E-state index is 11.2. The predicted octanol–water partition coefficient (Wildman–Crippen LogP) is 4.07. The summed E-state index contributed by atoms with van der Waals surface area (Å²) in [7, 11) is 0. The summed E-state index contributed by atoms with van der Waals surface area (Å²) in [4.78, 5) is 25.9. The SMILES string of the molecule is O=C(O)c1ccccc1/C=C/c1nc2ccc([N+](=O)[O-])cc2s1. The van der Waals surface area contributed by atoms with E-state index in [1.165, 1.54) is 29.5 Å². The molecule has 0 bridgehead atoms. The van der Waals surface area contributed by atoms with Gasteiger partial charge in [-0.2, -0.15) is 0 Å². The topological polar surface area (TPSA) is 93.3 Å². The van der Waals surface area contributed by atoms with Gasteiger partial charge in [0.25, 0.3) is 5.69 Å². The first kappa shape index (κ1) is 14.9. The molecule has 0 saturated heterocycles. The Bertz CT molecular complexity index is 946. The smallest absolute Gasteiger partial charge is 0.336 e. The molecule has 0 saturated carbocycles. The van der Waals surface area contributed by atoms with Crippen LogP contribution in [-0.2, 0) is 0 Å². The molecule has 0 amide bonds. The van der Waals surface area contributed by atoms with Gasteiger partial charge < -0.3 is 5.11 Å². The van der Waals surface area contributed by atoms with Gasteiger partial charge in [-0.25, -0.2) is 9.78 Å². The Kier molecular flexibility index (Phi) is 3.86. The molecular weight excluding hydrogens is 316 g/mol. The van der Waals surface area contributed by atoms with E-state index < -0.39 is 10.9 Å². The quantitative estimate of drug-likeness (QED) is 0.576. The van der Waals surface area contributed by atoms with Gasteiger partial charge in [0.15, 0.2) is 0 Å². The number of carboxylic acid groups (broad SMARTS) is 1. The van der Waals surface area contributed by atoms with Crippen molar-refractivity contribution in [1.29, 1.82) is 0 Å². The molecule has 6 nitrogen and oxygen atoms in total. The molecule has 0 unspecified atom stereocenters. The van der Waals surface area contributed by atoms with Gasteiger partial charge in [0.2, 0.25) is 0 Å². The highest BCUT2D eigenvalue weighted by Crippen LogP contribution is 2.27. The molecule has 23 heavy (non-hydrogen) atoms. The molecule has 0 aliphatic rings. The van der Waals surface area contributed by atoms with Crippen molar-refractivity contribution in [2.45, 2.75) is 0 Å². The molecule has 0 fully saturated rings. The molecule has 1 heterocycles. The molecule has 0 spiro atoms. The molecule has 2 aromatic carbocycles. The molecular formula is C16H10N2O4S. The lowest BCUT2D eigenvalue weighted by Crippen LogP contribution is -1.98. The van der Waals surface area contributed by atoms with E-state index in [0.29, 0.717) is 20.8 Å². The number of nitro benzene ring substituents is 1. The van der Waals surface area contributed by atoms with Crippen molar-refractivity contribution in [3.05, 3.63) is 68.7 Å². The van der Waals surface area contributed by atoms with Gasteiger partial charge in [0.05, 0.1) is 20.7 Å². The Morgan fingerprint density at radius 1 is 1.22 bits per heavy atom. The number of carbonyl (C=O) groups is 1. The summed E-state index contributed by atoms with van der Waals surface area (Å²) in [6, 6.07) is 11.2. The summed E-state index contributed by atoms with van der Waals surface area (Å²) < 4.78 is 0.713. The van der Waals surface area contributed by atoms with Crippen LogP contribution < -0.4 is 0 Å². The van der Waals surface area contributed by atoms with E-state index in [0.717, 1.165) is 0 Å². The third kappa shape index (κ3) is 3.09. The number of aromatic carboxylic acids is 1. The Labute approximate surface area is 134 Å². The third-order valence-corrected chi connectivity index (χ3v) is 4.18. The van der Waals surface area contributed by atoms with Crippen LogP contribution in [0.4, 0.5) is 5.69 Å². The van der Waals surface area contributed by atoms with Gasteiger partial charge >= 0.3 is 5.97 Å². The van der Waals surface area contributed by atoms with Crippen molar-refractivity contribution in [3.8, 4) is 0 Å². The first-order valence-electron chi connectivity index (χ1n) is 6.60. The van der Waals surface area contributed by atoms with Gasteiger partial charge in [-0.3, -0.25) is 10.1 Å². The second-order valence-electron chi connectivity index (χ2n) is 4.69. The number of rotatable bonds is 4. The monoisotopic (exact) mass is 326 g/mol. The first-order chi connectivity index (χ1) is 11.0. The summed E-state index contributed by atoms with van der Waals surface area (Å²) in [6.07, 6.45) is 3.38. The van der Waals surface area contributed by atoms with Crippen molar-refractivity contribution in [3.63, 3.8) is 0 Å². The number of hydrogen-bond acceptors (Lipinski definition) is 5. The fraction of sp³-hybridized carbons (Fsp3) is 0. The molecule has 0 atom stereocenters. The molecule has 1 N–H and O–H groups in total. The van der Waals surface area contributed by atoms with E-state index in [1.54, 1.807) is 36.4 Å². The maximum absolute atomic E-state index is 11.2. The highest BCUT2D eigenvalue weighted by atomic mass is 32.1. The number of nitrogens with zero attached hydrogens (tertiary/aromatic N) is 2. The number of non-ortho nitro benzene ring substituents is 1. The fourth-order valence-corrected chi connectivity index (χ4v) is 3.02. The van der Waals surface area contributed by atoms with Crippen LogP contribution in [0.25, 0.3) is 22.4 Å². The number of carboxylic acids is 1. The Balaban J connectivity index is 1.95. The number of benzene rings is 2. The van der Waals surface area contributed by atoms with Crippen molar-refractivity contribution in [1.82, 2.24) is 4.98 Å². The molecule has 0 radical (unpaired) electrons. The minimum absolute atomic E-state index is 0.0212.